The summed E-state index contributed by atoms with van der Waals surface area (Å²) in [6, 6.07) is 5.52. The Bertz CT molecular complexity index is 538. The van der Waals surface area contributed by atoms with Gasteiger partial charge in [-0.3, -0.25) is 4.79 Å². The molecule has 2 saturated heterocycles. The Balaban J connectivity index is 1.77. The number of thioether (sulfide) groups is 1. The van der Waals surface area contributed by atoms with Crippen molar-refractivity contribution in [1.82, 2.24) is 0 Å². The van der Waals surface area contributed by atoms with Gasteiger partial charge in [-0.1, -0.05) is 15.9 Å². The van der Waals surface area contributed by atoms with Gasteiger partial charge in [0.25, 0.3) is 0 Å². The summed E-state index contributed by atoms with van der Waals surface area (Å²) in [5.41, 5.74) is 7.17. The molecule has 1 aromatic carbocycles. The van der Waals surface area contributed by atoms with Crippen LogP contribution in [0.4, 0.5) is 5.69 Å². The molecule has 3 rings (SSSR count). The summed E-state index contributed by atoms with van der Waals surface area (Å²) in [6.07, 6.45) is 3.79. The van der Waals surface area contributed by atoms with Crippen molar-refractivity contribution >= 4 is 39.2 Å². The molecular formula is C16H20BrNO2S. The first-order valence-corrected chi connectivity index (χ1v) is 9.35. The van der Waals surface area contributed by atoms with Crippen LogP contribution in [0, 0.1) is 5.92 Å². The number of anilines is 1. The lowest BCUT2D eigenvalue weighted by molar-refractivity contribution is -0.0959. The molecule has 2 aliphatic heterocycles. The van der Waals surface area contributed by atoms with Crippen LogP contribution in [0.1, 0.15) is 36.0 Å². The fourth-order valence-electron chi connectivity index (χ4n) is 3.32. The van der Waals surface area contributed by atoms with Crippen molar-refractivity contribution in [3.05, 3.63) is 28.2 Å². The van der Waals surface area contributed by atoms with Gasteiger partial charge < -0.3 is 10.5 Å². The van der Waals surface area contributed by atoms with Gasteiger partial charge in [0.15, 0.2) is 5.78 Å². The maximum Gasteiger partial charge on any atom is 0.168 e. The maximum atomic E-state index is 12.8. The molecule has 1 aromatic rings. The largest absolute Gasteiger partial charge is 0.398 e. The third-order valence-corrected chi connectivity index (χ3v) is 6.03. The fraction of sp³-hybridized carbons (Fsp3) is 0.562. The van der Waals surface area contributed by atoms with E-state index in [4.69, 9.17) is 10.5 Å². The van der Waals surface area contributed by atoms with E-state index in [1.165, 1.54) is 0 Å². The number of rotatable bonds is 2. The number of ketones is 1. The van der Waals surface area contributed by atoms with Crippen molar-refractivity contribution < 1.29 is 9.53 Å². The number of carbonyl (C=O) groups is 1. The standard InChI is InChI=1S/C16H20BrNO2S/c17-12-1-2-13(14(18)9-12)15(19)11-3-6-20-16(10-11)4-7-21-8-5-16/h1-2,9,11H,3-8,10,18H2. The molecule has 0 radical (unpaired) electrons. The van der Waals surface area contributed by atoms with Crippen LogP contribution in [0.2, 0.25) is 0 Å². The number of nitrogen functional groups attached to an aromatic ring is 1. The zero-order chi connectivity index (χ0) is 14.9. The second-order valence-electron chi connectivity index (χ2n) is 5.93. The molecule has 0 bridgehead atoms. The highest BCUT2D eigenvalue weighted by Crippen LogP contribution is 2.41. The molecule has 2 heterocycles. The summed E-state index contributed by atoms with van der Waals surface area (Å²) >= 11 is 5.37. The lowest BCUT2D eigenvalue weighted by atomic mass is 9.78. The lowest BCUT2D eigenvalue weighted by Crippen LogP contribution is -2.44. The molecular weight excluding hydrogens is 350 g/mol. The van der Waals surface area contributed by atoms with Crippen LogP contribution in [0.15, 0.2) is 22.7 Å². The zero-order valence-electron chi connectivity index (χ0n) is 11.9. The SMILES string of the molecule is Nc1cc(Br)ccc1C(=O)C1CCOC2(CCSCC2)C1. The average molecular weight is 370 g/mol. The summed E-state index contributed by atoms with van der Waals surface area (Å²) in [6.45, 7) is 0.692. The Morgan fingerprint density at radius 1 is 1.38 bits per heavy atom. The van der Waals surface area contributed by atoms with Gasteiger partial charge in [0.1, 0.15) is 0 Å². The summed E-state index contributed by atoms with van der Waals surface area (Å²) in [4.78, 5) is 12.8. The monoisotopic (exact) mass is 369 g/mol. The average Bonchev–Trinajstić information content (AvgIpc) is 2.47. The van der Waals surface area contributed by atoms with Gasteiger partial charge in [0.2, 0.25) is 0 Å². The van der Waals surface area contributed by atoms with Gasteiger partial charge in [-0.2, -0.15) is 11.8 Å². The van der Waals surface area contributed by atoms with E-state index in [0.717, 1.165) is 41.7 Å². The molecule has 0 aromatic heterocycles. The minimum absolute atomic E-state index is 0.0466. The highest BCUT2D eigenvalue weighted by atomic mass is 79.9. The summed E-state index contributed by atoms with van der Waals surface area (Å²) in [5, 5.41) is 0. The summed E-state index contributed by atoms with van der Waals surface area (Å²) in [5.74, 6) is 2.51. The normalized spacial score (nSPS) is 24.9. The molecule has 1 atom stereocenters. The van der Waals surface area contributed by atoms with Crippen molar-refractivity contribution in [2.75, 3.05) is 23.8 Å². The number of hydrogen-bond donors (Lipinski definition) is 1. The van der Waals surface area contributed by atoms with Crippen LogP contribution in [-0.2, 0) is 4.74 Å². The Kier molecular flexibility index (Phi) is 4.62. The molecule has 2 N–H and O–H groups in total. The molecule has 2 aliphatic rings. The molecule has 0 saturated carbocycles. The van der Waals surface area contributed by atoms with Crippen molar-refractivity contribution in [2.24, 2.45) is 5.92 Å². The Hall–Kier alpha value is -0.520. The maximum absolute atomic E-state index is 12.8. The van der Waals surface area contributed by atoms with Crippen LogP contribution in [0.25, 0.3) is 0 Å². The number of benzene rings is 1. The van der Waals surface area contributed by atoms with E-state index in [0.29, 0.717) is 17.9 Å². The van der Waals surface area contributed by atoms with Gasteiger partial charge in [-0.15, -0.1) is 0 Å². The summed E-state index contributed by atoms with van der Waals surface area (Å²) in [7, 11) is 0. The highest BCUT2D eigenvalue weighted by Gasteiger charge is 2.41. The van der Waals surface area contributed by atoms with E-state index >= 15 is 0 Å². The Morgan fingerprint density at radius 2 is 2.14 bits per heavy atom. The van der Waals surface area contributed by atoms with Crippen LogP contribution < -0.4 is 5.73 Å². The lowest BCUT2D eigenvalue weighted by Gasteiger charge is -2.43. The van der Waals surface area contributed by atoms with Crippen molar-refractivity contribution in [1.29, 1.82) is 0 Å². The number of Topliss-reactive ketones (excluding diaryl/α,β-unsaturated/α-hetero) is 1. The van der Waals surface area contributed by atoms with Crippen LogP contribution in [0.3, 0.4) is 0 Å². The predicted molar refractivity (Wildman–Crippen MR) is 90.9 cm³/mol. The minimum Gasteiger partial charge on any atom is -0.398 e. The third-order valence-electron chi connectivity index (χ3n) is 4.55. The molecule has 1 unspecified atom stereocenters. The molecule has 1 spiro atoms. The van der Waals surface area contributed by atoms with Gasteiger partial charge in [0, 0.05) is 28.2 Å². The van der Waals surface area contributed by atoms with E-state index in [2.05, 4.69) is 15.9 Å². The fourth-order valence-corrected chi connectivity index (χ4v) is 4.94. The molecule has 21 heavy (non-hydrogen) atoms. The van der Waals surface area contributed by atoms with Crippen molar-refractivity contribution in [2.45, 2.75) is 31.3 Å². The van der Waals surface area contributed by atoms with Gasteiger partial charge in [-0.05, 0) is 55.4 Å². The molecule has 0 amide bonds. The molecule has 0 aliphatic carbocycles. The van der Waals surface area contributed by atoms with E-state index in [-0.39, 0.29) is 17.3 Å². The molecule has 5 heteroatoms. The van der Waals surface area contributed by atoms with Gasteiger partial charge in [-0.25, -0.2) is 0 Å². The van der Waals surface area contributed by atoms with Crippen molar-refractivity contribution in [3.8, 4) is 0 Å². The Morgan fingerprint density at radius 3 is 2.86 bits per heavy atom. The second-order valence-corrected chi connectivity index (χ2v) is 8.07. The molecule has 2 fully saturated rings. The minimum atomic E-state index is -0.0616. The highest BCUT2D eigenvalue weighted by molar-refractivity contribution is 9.10. The van der Waals surface area contributed by atoms with Crippen molar-refractivity contribution in [3.63, 3.8) is 0 Å². The van der Waals surface area contributed by atoms with Crippen LogP contribution >= 0.6 is 27.7 Å². The third kappa shape index (κ3) is 3.30. The topological polar surface area (TPSA) is 52.3 Å². The predicted octanol–water partition coefficient (Wildman–Crippen LogP) is 3.91. The van der Waals surface area contributed by atoms with E-state index < -0.39 is 0 Å². The number of carbonyl (C=O) groups excluding carboxylic acids is 1. The van der Waals surface area contributed by atoms with E-state index in [1.807, 2.05) is 23.9 Å². The first kappa shape index (κ1) is 15.4. The number of hydrogen-bond acceptors (Lipinski definition) is 4. The molecule has 3 nitrogen and oxygen atoms in total. The zero-order valence-corrected chi connectivity index (χ0v) is 14.3. The quantitative estimate of drug-likeness (QED) is 0.634. The van der Waals surface area contributed by atoms with Gasteiger partial charge >= 0.3 is 0 Å². The number of ether oxygens (including phenoxy) is 1. The second kappa shape index (κ2) is 6.31. The first-order valence-electron chi connectivity index (χ1n) is 7.41. The van der Waals surface area contributed by atoms with E-state index in [9.17, 15) is 4.79 Å². The van der Waals surface area contributed by atoms with Crippen LogP contribution in [0.5, 0.6) is 0 Å². The number of nitrogens with two attached hydrogens (primary N) is 1. The van der Waals surface area contributed by atoms with Crippen LogP contribution in [-0.4, -0.2) is 29.5 Å². The number of halogens is 1. The molecule has 114 valence electrons. The summed E-state index contributed by atoms with van der Waals surface area (Å²) < 4.78 is 6.97. The first-order chi connectivity index (χ1) is 10.1. The smallest absolute Gasteiger partial charge is 0.168 e. The van der Waals surface area contributed by atoms with Gasteiger partial charge in [0.05, 0.1) is 5.60 Å². The van der Waals surface area contributed by atoms with E-state index in [1.54, 1.807) is 6.07 Å². The Labute approximate surface area is 138 Å².